The summed E-state index contributed by atoms with van der Waals surface area (Å²) in [5, 5.41) is 9.06. The lowest BCUT2D eigenvalue weighted by molar-refractivity contribution is 0.172. The molecule has 146 valence electrons. The van der Waals surface area contributed by atoms with Gasteiger partial charge in [-0.05, 0) is 69.3 Å². The quantitative estimate of drug-likeness (QED) is 0.394. The fourth-order valence-electron chi connectivity index (χ4n) is 3.33. The van der Waals surface area contributed by atoms with Crippen LogP contribution in [0.25, 0.3) is 11.3 Å². The predicted molar refractivity (Wildman–Crippen MR) is 116 cm³/mol. The van der Waals surface area contributed by atoms with Gasteiger partial charge in [-0.15, -0.1) is 0 Å². The monoisotopic (exact) mass is 459 g/mol. The Morgan fingerprint density at radius 1 is 1.14 bits per heavy atom. The molecule has 1 fully saturated rings. The Hall–Kier alpha value is -2.03. The van der Waals surface area contributed by atoms with Gasteiger partial charge >= 0.3 is 0 Å². The van der Waals surface area contributed by atoms with Crippen LogP contribution >= 0.6 is 28.1 Å². The largest absolute Gasteiger partial charge is 0.455 e. The molecule has 1 aliphatic rings. The van der Waals surface area contributed by atoms with E-state index in [1.807, 2.05) is 48.0 Å². The molecule has 1 aliphatic heterocycles. The summed E-state index contributed by atoms with van der Waals surface area (Å²) in [5.41, 5.74) is 1.02. The number of hydrogen-bond acceptors (Lipinski definition) is 5. The fourth-order valence-corrected chi connectivity index (χ4v) is 3.87. The zero-order chi connectivity index (χ0) is 19.5. The molecule has 0 bridgehead atoms. The van der Waals surface area contributed by atoms with Crippen LogP contribution in [0.15, 0.2) is 50.4 Å². The summed E-state index contributed by atoms with van der Waals surface area (Å²) in [4.78, 5) is 2.39. The highest BCUT2D eigenvalue weighted by Crippen LogP contribution is 2.23. The lowest BCUT2D eigenvalue weighted by Crippen LogP contribution is -2.32. The van der Waals surface area contributed by atoms with Crippen LogP contribution in [0.5, 0.6) is 0 Å². The first-order valence-electron chi connectivity index (χ1n) is 9.39. The van der Waals surface area contributed by atoms with E-state index < -0.39 is 0 Å². The highest BCUT2D eigenvalue weighted by molar-refractivity contribution is 9.10. The molecule has 0 N–H and O–H groups in total. The smallest absolute Gasteiger partial charge is 0.220 e. The van der Waals surface area contributed by atoms with Crippen molar-refractivity contribution in [3.63, 3.8) is 0 Å². The summed E-state index contributed by atoms with van der Waals surface area (Å²) in [5.74, 6) is 2.23. The molecule has 3 aromatic rings. The van der Waals surface area contributed by atoms with Crippen molar-refractivity contribution in [3.05, 3.63) is 57.2 Å². The van der Waals surface area contributed by atoms with Crippen molar-refractivity contribution in [3.8, 4) is 11.3 Å². The first-order chi connectivity index (χ1) is 13.6. The summed E-state index contributed by atoms with van der Waals surface area (Å²) in [6.07, 6.45) is 5.47. The van der Waals surface area contributed by atoms with Gasteiger partial charge in [-0.25, -0.2) is 4.68 Å². The van der Waals surface area contributed by atoms with Crippen LogP contribution in [0, 0.1) is 11.7 Å². The Labute approximate surface area is 177 Å². The molecule has 0 saturated carbocycles. The van der Waals surface area contributed by atoms with Crippen LogP contribution in [0.3, 0.4) is 0 Å². The lowest BCUT2D eigenvalue weighted by Gasteiger charge is -2.25. The number of furan rings is 1. The average Bonchev–Trinajstić information content (AvgIpc) is 3.27. The normalized spacial score (nSPS) is 15.5. The fraction of sp³-hybridized carbons (Fsp3) is 0.350. The van der Waals surface area contributed by atoms with Gasteiger partial charge in [-0.3, -0.25) is 4.90 Å². The van der Waals surface area contributed by atoms with E-state index >= 15 is 0 Å². The number of likely N-dealkylation sites (tertiary alicyclic amines) is 1. The van der Waals surface area contributed by atoms with Gasteiger partial charge < -0.3 is 4.42 Å². The second kappa shape index (κ2) is 8.55. The number of aromatic nitrogens is 3. The second-order valence-corrected chi connectivity index (χ2v) is 8.20. The number of nitrogens with zero attached hydrogens (tertiary/aromatic N) is 5. The summed E-state index contributed by atoms with van der Waals surface area (Å²) < 4.78 is 11.1. The van der Waals surface area contributed by atoms with Crippen LogP contribution in [-0.2, 0) is 6.67 Å². The van der Waals surface area contributed by atoms with Crippen molar-refractivity contribution >= 4 is 34.4 Å². The van der Waals surface area contributed by atoms with E-state index in [0.29, 0.717) is 10.5 Å². The number of halogens is 1. The van der Waals surface area contributed by atoms with E-state index in [1.54, 1.807) is 10.9 Å². The van der Waals surface area contributed by atoms with Gasteiger partial charge in [-0.1, -0.05) is 34.5 Å². The van der Waals surface area contributed by atoms with Gasteiger partial charge in [0.05, 0.1) is 12.9 Å². The summed E-state index contributed by atoms with van der Waals surface area (Å²) in [6.45, 7) is 4.83. The van der Waals surface area contributed by atoms with E-state index in [0.717, 1.165) is 41.4 Å². The number of hydrogen-bond donors (Lipinski definition) is 0. The maximum atomic E-state index is 5.89. The molecule has 0 unspecified atom stereocenters. The molecule has 1 aromatic carbocycles. The van der Waals surface area contributed by atoms with E-state index in [1.165, 1.54) is 19.3 Å². The molecule has 3 heterocycles. The minimum absolute atomic E-state index is 0.596. The number of benzene rings is 1. The lowest BCUT2D eigenvalue weighted by atomic mass is 10.1. The summed E-state index contributed by atoms with van der Waals surface area (Å²) in [6, 6.07) is 11.8. The van der Waals surface area contributed by atoms with Crippen molar-refractivity contribution in [1.29, 1.82) is 0 Å². The minimum atomic E-state index is 0.596. The Morgan fingerprint density at radius 3 is 2.64 bits per heavy atom. The summed E-state index contributed by atoms with van der Waals surface area (Å²) in [7, 11) is 0. The molecule has 8 heteroatoms. The number of aryl methyl sites for hydroxylation is 1. The number of rotatable bonds is 5. The Bertz CT molecular complexity index is 1030. The van der Waals surface area contributed by atoms with Crippen LogP contribution in [0.1, 0.15) is 30.8 Å². The van der Waals surface area contributed by atoms with E-state index in [2.05, 4.69) is 31.0 Å². The Balaban J connectivity index is 1.50. The minimum Gasteiger partial charge on any atom is -0.455 e. The molecule has 28 heavy (non-hydrogen) atoms. The molecule has 0 amide bonds. The van der Waals surface area contributed by atoms with Crippen LogP contribution < -0.4 is 0 Å². The first-order valence-corrected chi connectivity index (χ1v) is 10.6. The van der Waals surface area contributed by atoms with Crippen LogP contribution in [0.2, 0.25) is 0 Å². The average molecular weight is 460 g/mol. The van der Waals surface area contributed by atoms with Gasteiger partial charge in [0.25, 0.3) is 0 Å². The molecule has 0 radical (unpaired) electrons. The highest BCUT2D eigenvalue weighted by atomic mass is 79.9. The van der Waals surface area contributed by atoms with Crippen molar-refractivity contribution in [2.45, 2.75) is 32.9 Å². The molecule has 0 spiro atoms. The highest BCUT2D eigenvalue weighted by Gasteiger charge is 2.13. The van der Waals surface area contributed by atoms with Crippen molar-refractivity contribution in [1.82, 2.24) is 19.4 Å². The SMILES string of the molecule is Cc1nn(CN2CCCCC2)c(=S)n1/N=C/c1ccc(-c2ccc(Br)cc2)o1. The van der Waals surface area contributed by atoms with Gasteiger partial charge in [0.2, 0.25) is 4.77 Å². The first kappa shape index (κ1) is 19.3. The van der Waals surface area contributed by atoms with Crippen LogP contribution in [-0.4, -0.2) is 38.7 Å². The van der Waals surface area contributed by atoms with E-state index in [9.17, 15) is 0 Å². The molecule has 6 nitrogen and oxygen atoms in total. The third kappa shape index (κ3) is 4.34. The van der Waals surface area contributed by atoms with E-state index in [4.69, 9.17) is 16.6 Å². The standard InChI is InChI=1S/C20H22BrN5OS/c1-15-23-25(14-24-11-3-2-4-12-24)20(28)26(15)22-13-18-9-10-19(27-18)16-5-7-17(21)8-6-16/h5-10,13H,2-4,11-12,14H2,1H3/b22-13+. The third-order valence-electron chi connectivity index (χ3n) is 4.81. The zero-order valence-electron chi connectivity index (χ0n) is 15.7. The molecule has 0 atom stereocenters. The maximum Gasteiger partial charge on any atom is 0.220 e. The number of piperidine rings is 1. The van der Waals surface area contributed by atoms with Gasteiger partial charge in [0, 0.05) is 10.0 Å². The molecular weight excluding hydrogens is 438 g/mol. The molecular formula is C20H22BrN5OS. The molecule has 4 rings (SSSR count). The second-order valence-electron chi connectivity index (χ2n) is 6.91. The zero-order valence-corrected chi connectivity index (χ0v) is 18.1. The molecule has 2 aromatic heterocycles. The van der Waals surface area contributed by atoms with E-state index in [-0.39, 0.29) is 0 Å². The third-order valence-corrected chi connectivity index (χ3v) is 5.72. The Morgan fingerprint density at radius 2 is 1.89 bits per heavy atom. The topological polar surface area (TPSA) is 51.5 Å². The molecule has 1 saturated heterocycles. The predicted octanol–water partition coefficient (Wildman–Crippen LogP) is 5.07. The van der Waals surface area contributed by atoms with Gasteiger partial charge in [0.15, 0.2) is 5.82 Å². The van der Waals surface area contributed by atoms with Gasteiger partial charge in [0.1, 0.15) is 11.5 Å². The van der Waals surface area contributed by atoms with Crippen molar-refractivity contribution < 1.29 is 4.42 Å². The van der Waals surface area contributed by atoms with Crippen LogP contribution in [0.4, 0.5) is 0 Å². The Kier molecular flexibility index (Phi) is 5.89. The van der Waals surface area contributed by atoms with Crippen molar-refractivity contribution in [2.75, 3.05) is 13.1 Å². The molecule has 0 aliphatic carbocycles. The summed E-state index contributed by atoms with van der Waals surface area (Å²) >= 11 is 9.02. The van der Waals surface area contributed by atoms with Gasteiger partial charge in [-0.2, -0.15) is 14.9 Å². The van der Waals surface area contributed by atoms with Crippen molar-refractivity contribution in [2.24, 2.45) is 5.10 Å². The maximum absolute atomic E-state index is 5.89.